The molecular weight excluding hydrogens is 455 g/mol. The van der Waals surface area contributed by atoms with E-state index in [1.165, 1.54) is 0 Å². The third-order valence-electron chi connectivity index (χ3n) is 3.64. The zero-order chi connectivity index (χ0) is 20.0. The average molecular weight is 472 g/mol. The lowest BCUT2D eigenvalue weighted by atomic mass is 9.95. The minimum Gasteiger partial charge on any atom is -0.461 e. The molecule has 8 heteroatoms. The topological polar surface area (TPSA) is 67.8 Å². The monoisotopic (exact) mass is 470 g/mol. The van der Waals surface area contributed by atoms with E-state index in [4.69, 9.17) is 27.9 Å². The van der Waals surface area contributed by atoms with Crippen LogP contribution in [0.15, 0.2) is 52.0 Å². The number of carbonyl (C=O) groups excluding carboxylic acids is 2. The number of Topliss-reactive ketones (excluding diaryl/α,β-unsaturated/α-hetero) is 1. The highest BCUT2D eigenvalue weighted by Gasteiger charge is 2.27. The first kappa shape index (κ1) is 21.4. The van der Waals surface area contributed by atoms with Crippen molar-refractivity contribution in [3.8, 4) is 0 Å². The van der Waals surface area contributed by atoms with Crippen molar-refractivity contribution in [2.45, 2.75) is 13.8 Å². The van der Waals surface area contributed by atoms with Crippen LogP contribution < -0.4 is 5.43 Å². The predicted molar refractivity (Wildman–Crippen MR) is 112 cm³/mol. The fourth-order valence-corrected chi connectivity index (χ4v) is 2.93. The van der Waals surface area contributed by atoms with Gasteiger partial charge in [0.1, 0.15) is 0 Å². The maximum atomic E-state index is 12.8. The van der Waals surface area contributed by atoms with E-state index in [-0.39, 0.29) is 18.1 Å². The quantitative estimate of drug-likeness (QED) is 0.247. The summed E-state index contributed by atoms with van der Waals surface area (Å²) in [6, 6.07) is 11.7. The Kier molecular flexibility index (Phi) is 7.83. The molecule has 0 aromatic heterocycles. The van der Waals surface area contributed by atoms with Crippen molar-refractivity contribution >= 4 is 62.3 Å². The molecule has 0 heterocycles. The van der Waals surface area contributed by atoms with Crippen LogP contribution >= 0.6 is 39.1 Å². The number of hydrogen-bond acceptors (Lipinski definition) is 5. The Labute approximate surface area is 175 Å². The minimum absolute atomic E-state index is 0.0456. The lowest BCUT2D eigenvalue weighted by molar-refractivity contribution is -0.135. The fourth-order valence-electron chi connectivity index (χ4n) is 2.21. The summed E-state index contributed by atoms with van der Waals surface area (Å²) in [5.41, 5.74) is 3.58. The lowest BCUT2D eigenvalue weighted by Gasteiger charge is -2.14. The number of carbonyl (C=O) groups is 2. The number of ether oxygens (including phenoxy) is 1. The molecule has 2 rings (SSSR count). The zero-order valence-corrected chi connectivity index (χ0v) is 17.7. The number of benzene rings is 2. The Hall–Kier alpha value is -1.89. The van der Waals surface area contributed by atoms with E-state index in [2.05, 4.69) is 26.5 Å². The summed E-state index contributed by atoms with van der Waals surface area (Å²) in [4.78, 5) is 25.1. The third kappa shape index (κ3) is 5.79. The molecule has 0 fully saturated rings. The zero-order valence-electron chi connectivity index (χ0n) is 14.6. The molecule has 5 nitrogen and oxygen atoms in total. The Morgan fingerprint density at radius 1 is 1.19 bits per heavy atom. The summed E-state index contributed by atoms with van der Waals surface area (Å²) in [6.07, 6.45) is 0. The van der Waals surface area contributed by atoms with Crippen LogP contribution in [0.3, 0.4) is 0 Å². The highest BCUT2D eigenvalue weighted by atomic mass is 79.9. The summed E-state index contributed by atoms with van der Waals surface area (Å²) >= 11 is 15.3. The smallest absolute Gasteiger partial charge is 0.355 e. The van der Waals surface area contributed by atoms with Crippen LogP contribution in [-0.2, 0) is 9.53 Å². The van der Waals surface area contributed by atoms with Crippen LogP contribution in [-0.4, -0.2) is 24.1 Å². The van der Waals surface area contributed by atoms with Crippen LogP contribution in [0, 0.1) is 5.92 Å². The summed E-state index contributed by atoms with van der Waals surface area (Å²) in [5, 5.41) is 4.91. The second-order valence-corrected chi connectivity index (χ2v) is 7.31. The Morgan fingerprint density at radius 2 is 1.85 bits per heavy atom. The fraction of sp³-hybridized carbons (Fsp3) is 0.211. The van der Waals surface area contributed by atoms with Crippen LogP contribution in [0.1, 0.15) is 24.2 Å². The molecule has 0 aliphatic heterocycles. The molecule has 1 atom stereocenters. The molecule has 1 unspecified atom stereocenters. The normalized spacial score (nSPS) is 12.4. The number of nitrogens with zero attached hydrogens (tertiary/aromatic N) is 1. The molecule has 0 aliphatic rings. The number of esters is 1. The maximum Gasteiger partial charge on any atom is 0.355 e. The van der Waals surface area contributed by atoms with Gasteiger partial charge >= 0.3 is 5.97 Å². The molecule has 0 aliphatic carbocycles. The SMILES string of the molecule is CCOC(=O)/C(=N/Nc1ccc(Cl)cc1Cl)C(C)C(=O)c1ccc(Br)cc1. The number of hydrogen-bond donors (Lipinski definition) is 1. The van der Waals surface area contributed by atoms with Crippen LogP contribution in [0.25, 0.3) is 0 Å². The number of hydrazone groups is 1. The van der Waals surface area contributed by atoms with Crippen LogP contribution in [0.2, 0.25) is 10.0 Å². The van der Waals surface area contributed by atoms with Gasteiger partial charge in [0.05, 0.1) is 23.2 Å². The van der Waals surface area contributed by atoms with Crippen molar-refractivity contribution in [3.63, 3.8) is 0 Å². The standard InChI is InChI=1S/C19H17BrCl2N2O3/c1-3-27-19(26)17(24-23-16-9-8-14(21)10-15(16)22)11(2)18(25)12-4-6-13(20)7-5-12/h4-11,23H,3H2,1-2H3/b24-17+. The molecule has 0 bridgehead atoms. The van der Waals surface area contributed by atoms with E-state index in [1.807, 2.05) is 0 Å². The van der Waals surface area contributed by atoms with E-state index < -0.39 is 11.9 Å². The molecule has 2 aromatic carbocycles. The minimum atomic E-state index is -0.816. The summed E-state index contributed by atoms with van der Waals surface area (Å²) < 4.78 is 5.90. The largest absolute Gasteiger partial charge is 0.461 e. The highest BCUT2D eigenvalue weighted by Crippen LogP contribution is 2.25. The van der Waals surface area contributed by atoms with Crippen molar-refractivity contribution in [3.05, 3.63) is 62.5 Å². The van der Waals surface area contributed by atoms with Gasteiger partial charge in [-0.3, -0.25) is 10.2 Å². The van der Waals surface area contributed by atoms with Gasteiger partial charge in [0.2, 0.25) is 0 Å². The Morgan fingerprint density at radius 3 is 2.44 bits per heavy atom. The van der Waals surface area contributed by atoms with Gasteiger partial charge in [0.25, 0.3) is 0 Å². The predicted octanol–water partition coefficient (Wildman–Crippen LogP) is 5.61. The Balaban J connectivity index is 2.30. The molecule has 0 spiro atoms. The van der Waals surface area contributed by atoms with Gasteiger partial charge in [-0.25, -0.2) is 4.79 Å². The van der Waals surface area contributed by atoms with E-state index in [9.17, 15) is 9.59 Å². The van der Waals surface area contributed by atoms with Crippen molar-refractivity contribution in [1.82, 2.24) is 0 Å². The first-order chi connectivity index (χ1) is 12.8. The second kappa shape index (κ2) is 9.88. The molecule has 0 saturated heterocycles. The first-order valence-electron chi connectivity index (χ1n) is 8.09. The first-order valence-corrected chi connectivity index (χ1v) is 9.64. The molecule has 2 aromatic rings. The number of halogens is 3. The second-order valence-electron chi connectivity index (χ2n) is 5.55. The lowest BCUT2D eigenvalue weighted by Crippen LogP contribution is -2.31. The highest BCUT2D eigenvalue weighted by molar-refractivity contribution is 9.10. The van der Waals surface area contributed by atoms with Crippen molar-refractivity contribution in [2.24, 2.45) is 11.0 Å². The van der Waals surface area contributed by atoms with E-state index >= 15 is 0 Å². The summed E-state index contributed by atoms with van der Waals surface area (Å²) in [7, 11) is 0. The van der Waals surface area contributed by atoms with Gasteiger partial charge in [-0.15, -0.1) is 0 Å². The average Bonchev–Trinajstić information content (AvgIpc) is 2.63. The molecule has 0 radical (unpaired) electrons. The van der Waals surface area contributed by atoms with Gasteiger partial charge in [-0.2, -0.15) is 5.10 Å². The molecular formula is C19H17BrCl2N2O3. The van der Waals surface area contributed by atoms with Gasteiger partial charge in [-0.1, -0.05) is 51.3 Å². The molecule has 0 amide bonds. The number of ketones is 1. The molecule has 142 valence electrons. The van der Waals surface area contributed by atoms with Crippen molar-refractivity contribution in [2.75, 3.05) is 12.0 Å². The van der Waals surface area contributed by atoms with Crippen LogP contribution in [0.4, 0.5) is 5.69 Å². The van der Waals surface area contributed by atoms with Gasteiger partial charge in [-0.05, 0) is 44.2 Å². The van der Waals surface area contributed by atoms with Crippen molar-refractivity contribution < 1.29 is 14.3 Å². The van der Waals surface area contributed by atoms with Gasteiger partial charge in [0, 0.05) is 15.1 Å². The summed E-state index contributed by atoms with van der Waals surface area (Å²) in [5.74, 6) is -1.74. The van der Waals surface area contributed by atoms with E-state index in [0.29, 0.717) is 21.3 Å². The van der Waals surface area contributed by atoms with E-state index in [1.54, 1.807) is 56.3 Å². The third-order valence-corrected chi connectivity index (χ3v) is 4.72. The number of anilines is 1. The number of rotatable bonds is 7. The number of nitrogens with one attached hydrogen (secondary N) is 1. The molecule has 0 saturated carbocycles. The maximum absolute atomic E-state index is 12.8. The van der Waals surface area contributed by atoms with E-state index in [0.717, 1.165) is 4.47 Å². The van der Waals surface area contributed by atoms with Crippen LogP contribution in [0.5, 0.6) is 0 Å². The molecule has 27 heavy (non-hydrogen) atoms. The van der Waals surface area contributed by atoms with Gasteiger partial charge in [0.15, 0.2) is 11.5 Å². The summed E-state index contributed by atoms with van der Waals surface area (Å²) in [6.45, 7) is 3.45. The van der Waals surface area contributed by atoms with Crippen molar-refractivity contribution in [1.29, 1.82) is 0 Å². The Bertz CT molecular complexity index is 870. The van der Waals surface area contributed by atoms with Gasteiger partial charge < -0.3 is 4.74 Å². The molecule has 1 N–H and O–H groups in total.